The third-order valence-electron chi connectivity index (χ3n) is 3.40. The molecule has 18 heavy (non-hydrogen) atoms. The van der Waals surface area contributed by atoms with E-state index in [2.05, 4.69) is 20.8 Å². The minimum absolute atomic E-state index is 0.262. The van der Waals surface area contributed by atoms with Gasteiger partial charge in [-0.05, 0) is 37.1 Å². The van der Waals surface area contributed by atoms with E-state index in [0.29, 0.717) is 19.4 Å². The number of aliphatic carboxylic acids is 1. The van der Waals surface area contributed by atoms with Gasteiger partial charge in [0, 0.05) is 29.7 Å². The SMILES string of the molecule is O=C(O)C1(O)CCCN(c2ccc(Br)cc2)CC1. The van der Waals surface area contributed by atoms with Crippen LogP contribution in [0.15, 0.2) is 28.7 Å². The molecule has 1 heterocycles. The van der Waals surface area contributed by atoms with Gasteiger partial charge < -0.3 is 15.1 Å². The molecule has 1 aliphatic heterocycles. The molecule has 1 unspecified atom stereocenters. The van der Waals surface area contributed by atoms with Crippen molar-refractivity contribution in [2.24, 2.45) is 0 Å². The van der Waals surface area contributed by atoms with Crippen molar-refractivity contribution in [2.45, 2.75) is 24.9 Å². The van der Waals surface area contributed by atoms with Crippen molar-refractivity contribution >= 4 is 27.6 Å². The number of benzene rings is 1. The van der Waals surface area contributed by atoms with Crippen LogP contribution in [0, 0.1) is 0 Å². The molecule has 5 heteroatoms. The van der Waals surface area contributed by atoms with E-state index < -0.39 is 11.6 Å². The zero-order valence-corrected chi connectivity index (χ0v) is 11.6. The molecule has 0 aliphatic carbocycles. The largest absolute Gasteiger partial charge is 0.479 e. The topological polar surface area (TPSA) is 60.8 Å². The Labute approximate surface area is 114 Å². The Bertz CT molecular complexity index is 434. The van der Waals surface area contributed by atoms with Crippen LogP contribution in [-0.2, 0) is 4.79 Å². The molecule has 1 saturated heterocycles. The first-order valence-electron chi connectivity index (χ1n) is 5.97. The Morgan fingerprint density at radius 3 is 2.50 bits per heavy atom. The molecule has 2 N–H and O–H groups in total. The first kappa shape index (κ1) is 13.4. The minimum atomic E-state index is -1.57. The van der Waals surface area contributed by atoms with E-state index in [9.17, 15) is 9.90 Å². The van der Waals surface area contributed by atoms with E-state index >= 15 is 0 Å². The van der Waals surface area contributed by atoms with E-state index in [4.69, 9.17) is 5.11 Å². The summed E-state index contributed by atoms with van der Waals surface area (Å²) >= 11 is 3.39. The van der Waals surface area contributed by atoms with Crippen LogP contribution in [0.1, 0.15) is 19.3 Å². The van der Waals surface area contributed by atoms with Crippen LogP contribution >= 0.6 is 15.9 Å². The molecule has 0 saturated carbocycles. The number of carbonyl (C=O) groups is 1. The highest BCUT2D eigenvalue weighted by molar-refractivity contribution is 9.10. The molecule has 98 valence electrons. The number of rotatable bonds is 2. The van der Waals surface area contributed by atoms with Crippen molar-refractivity contribution in [2.75, 3.05) is 18.0 Å². The molecule has 0 spiro atoms. The van der Waals surface area contributed by atoms with Crippen LogP contribution in [0.4, 0.5) is 5.69 Å². The summed E-state index contributed by atoms with van der Waals surface area (Å²) in [6, 6.07) is 7.91. The summed E-state index contributed by atoms with van der Waals surface area (Å²) in [4.78, 5) is 13.2. The lowest BCUT2D eigenvalue weighted by Crippen LogP contribution is -2.39. The average Bonchev–Trinajstić information content (AvgIpc) is 2.54. The van der Waals surface area contributed by atoms with Crippen LogP contribution in [0.25, 0.3) is 0 Å². The van der Waals surface area contributed by atoms with E-state index in [-0.39, 0.29) is 6.42 Å². The molecule has 1 fully saturated rings. The second-order valence-electron chi connectivity index (χ2n) is 4.65. The molecule has 1 aromatic rings. The highest BCUT2D eigenvalue weighted by atomic mass is 79.9. The molecule has 0 amide bonds. The maximum Gasteiger partial charge on any atom is 0.335 e. The van der Waals surface area contributed by atoms with Gasteiger partial charge in [-0.3, -0.25) is 0 Å². The zero-order valence-electron chi connectivity index (χ0n) is 9.97. The summed E-state index contributed by atoms with van der Waals surface area (Å²) in [5.74, 6) is -1.11. The highest BCUT2D eigenvalue weighted by Gasteiger charge is 2.37. The third-order valence-corrected chi connectivity index (χ3v) is 3.93. The lowest BCUT2D eigenvalue weighted by Gasteiger charge is -2.24. The van der Waals surface area contributed by atoms with Crippen LogP contribution in [0.2, 0.25) is 0 Å². The van der Waals surface area contributed by atoms with Crippen LogP contribution in [-0.4, -0.2) is 34.9 Å². The predicted octanol–water partition coefficient (Wildman–Crippen LogP) is 2.26. The highest BCUT2D eigenvalue weighted by Crippen LogP contribution is 2.26. The maximum absolute atomic E-state index is 11.0. The van der Waals surface area contributed by atoms with Gasteiger partial charge in [-0.1, -0.05) is 15.9 Å². The molecular formula is C13H16BrNO3. The Balaban J connectivity index is 2.09. The smallest absolute Gasteiger partial charge is 0.335 e. The van der Waals surface area contributed by atoms with Gasteiger partial charge in [0.15, 0.2) is 5.60 Å². The Morgan fingerprint density at radius 2 is 1.89 bits per heavy atom. The summed E-state index contributed by atoms with van der Waals surface area (Å²) in [5, 5.41) is 19.0. The number of carboxylic acid groups (broad SMARTS) is 1. The van der Waals surface area contributed by atoms with Gasteiger partial charge in [0.25, 0.3) is 0 Å². The molecule has 1 aromatic carbocycles. The first-order chi connectivity index (χ1) is 8.51. The number of carboxylic acids is 1. The van der Waals surface area contributed by atoms with Crippen molar-refractivity contribution in [3.63, 3.8) is 0 Å². The number of nitrogens with zero attached hydrogens (tertiary/aromatic N) is 1. The summed E-state index contributed by atoms with van der Waals surface area (Å²) in [6.07, 6.45) is 1.26. The Hall–Kier alpha value is -1.07. The average molecular weight is 314 g/mol. The second kappa shape index (κ2) is 5.28. The van der Waals surface area contributed by atoms with Crippen molar-refractivity contribution < 1.29 is 15.0 Å². The molecule has 4 nitrogen and oxygen atoms in total. The Kier molecular flexibility index (Phi) is 3.92. The van der Waals surface area contributed by atoms with Gasteiger partial charge in [0.05, 0.1) is 0 Å². The number of hydrogen-bond acceptors (Lipinski definition) is 3. The number of anilines is 1. The van der Waals surface area contributed by atoms with Crippen molar-refractivity contribution in [1.29, 1.82) is 0 Å². The number of hydrogen-bond donors (Lipinski definition) is 2. The van der Waals surface area contributed by atoms with Crippen LogP contribution in [0.5, 0.6) is 0 Å². The standard InChI is InChI=1S/C13H16BrNO3/c14-10-2-4-11(5-3-10)15-8-1-6-13(18,7-9-15)12(16)17/h2-5,18H,1,6-9H2,(H,16,17). The molecular weight excluding hydrogens is 298 g/mol. The summed E-state index contributed by atoms with van der Waals surface area (Å²) < 4.78 is 1.02. The van der Waals surface area contributed by atoms with Crippen molar-refractivity contribution in [3.8, 4) is 0 Å². The number of halogens is 1. The monoisotopic (exact) mass is 313 g/mol. The second-order valence-corrected chi connectivity index (χ2v) is 5.57. The van der Waals surface area contributed by atoms with E-state index in [0.717, 1.165) is 16.7 Å². The normalized spacial score (nSPS) is 24.7. The van der Waals surface area contributed by atoms with Gasteiger partial charge >= 0.3 is 5.97 Å². The summed E-state index contributed by atoms with van der Waals surface area (Å²) in [7, 11) is 0. The fourth-order valence-corrected chi connectivity index (χ4v) is 2.51. The first-order valence-corrected chi connectivity index (χ1v) is 6.77. The van der Waals surface area contributed by atoms with Crippen LogP contribution in [0.3, 0.4) is 0 Å². The minimum Gasteiger partial charge on any atom is -0.479 e. The fourth-order valence-electron chi connectivity index (χ4n) is 2.24. The molecule has 0 aromatic heterocycles. The number of aliphatic hydroxyl groups is 1. The van der Waals surface area contributed by atoms with Gasteiger partial charge in [-0.2, -0.15) is 0 Å². The van der Waals surface area contributed by atoms with Crippen molar-refractivity contribution in [3.05, 3.63) is 28.7 Å². The van der Waals surface area contributed by atoms with Gasteiger partial charge in [-0.25, -0.2) is 4.79 Å². The van der Waals surface area contributed by atoms with Crippen LogP contribution < -0.4 is 4.90 Å². The predicted molar refractivity (Wildman–Crippen MR) is 72.8 cm³/mol. The van der Waals surface area contributed by atoms with E-state index in [1.165, 1.54) is 0 Å². The van der Waals surface area contributed by atoms with E-state index in [1.807, 2.05) is 24.3 Å². The zero-order chi connectivity index (χ0) is 13.2. The lowest BCUT2D eigenvalue weighted by molar-refractivity contribution is -0.159. The summed E-state index contributed by atoms with van der Waals surface area (Å²) in [5.41, 5.74) is -0.503. The quantitative estimate of drug-likeness (QED) is 0.879. The lowest BCUT2D eigenvalue weighted by atomic mass is 9.95. The van der Waals surface area contributed by atoms with Crippen molar-refractivity contribution in [1.82, 2.24) is 0 Å². The van der Waals surface area contributed by atoms with E-state index in [1.54, 1.807) is 0 Å². The molecule has 0 bridgehead atoms. The Morgan fingerprint density at radius 1 is 1.22 bits per heavy atom. The maximum atomic E-state index is 11.0. The molecule has 1 aliphatic rings. The molecule has 0 radical (unpaired) electrons. The molecule has 1 atom stereocenters. The third kappa shape index (κ3) is 2.84. The van der Waals surface area contributed by atoms with Gasteiger partial charge in [0.1, 0.15) is 0 Å². The molecule has 2 rings (SSSR count). The van der Waals surface area contributed by atoms with Gasteiger partial charge in [-0.15, -0.1) is 0 Å². The fraction of sp³-hybridized carbons (Fsp3) is 0.462. The van der Waals surface area contributed by atoms with Gasteiger partial charge in [0.2, 0.25) is 0 Å². The summed E-state index contributed by atoms with van der Waals surface area (Å²) in [6.45, 7) is 1.33.